The molecule has 0 aromatic heterocycles. The summed E-state index contributed by atoms with van der Waals surface area (Å²) in [6.07, 6.45) is 1.11. The molecule has 8 nitrogen and oxygen atoms in total. The second-order valence-electron chi connectivity index (χ2n) is 7.56. The molecule has 0 heterocycles. The normalized spacial score (nSPS) is 11.0. The van der Waals surface area contributed by atoms with Crippen molar-refractivity contribution >= 4 is 33.2 Å². The highest BCUT2D eigenvalue weighted by Gasteiger charge is 2.22. The lowest BCUT2D eigenvalue weighted by atomic mass is 10.1. The molecule has 1 N–H and O–H groups in total. The van der Waals surface area contributed by atoms with E-state index in [-0.39, 0.29) is 12.5 Å². The van der Waals surface area contributed by atoms with Gasteiger partial charge in [-0.1, -0.05) is 23.7 Å². The Bertz CT molecular complexity index is 1250. The van der Waals surface area contributed by atoms with Crippen molar-refractivity contribution in [2.45, 2.75) is 6.54 Å². The Hall–Kier alpha value is -3.43. The Morgan fingerprint density at radius 1 is 0.943 bits per heavy atom. The van der Waals surface area contributed by atoms with E-state index in [2.05, 4.69) is 5.32 Å². The number of anilines is 1. The summed E-state index contributed by atoms with van der Waals surface area (Å²) in [5, 5.41) is 3.18. The molecule has 3 rings (SSSR count). The second-order valence-corrected chi connectivity index (χ2v) is 9.91. The molecule has 3 aromatic carbocycles. The van der Waals surface area contributed by atoms with Gasteiger partial charge in [0.1, 0.15) is 23.9 Å². The van der Waals surface area contributed by atoms with Gasteiger partial charge in [0.15, 0.2) is 0 Å². The quantitative estimate of drug-likeness (QED) is 0.383. The number of carbonyl (C=O) groups excluding carboxylic acids is 1. The predicted octanol–water partition coefficient (Wildman–Crippen LogP) is 4.13. The maximum atomic E-state index is 12.5. The Balaban J connectivity index is 1.60. The Labute approximate surface area is 210 Å². The molecule has 0 spiro atoms. The van der Waals surface area contributed by atoms with Crippen molar-refractivity contribution in [3.05, 3.63) is 82.9 Å². The number of amides is 1. The van der Waals surface area contributed by atoms with E-state index < -0.39 is 10.0 Å². The smallest absolute Gasteiger partial charge is 0.251 e. The second kappa shape index (κ2) is 11.8. The van der Waals surface area contributed by atoms with Crippen LogP contribution >= 0.6 is 11.6 Å². The Morgan fingerprint density at radius 3 is 2.20 bits per heavy atom. The summed E-state index contributed by atoms with van der Waals surface area (Å²) >= 11 is 6.09. The summed E-state index contributed by atoms with van der Waals surface area (Å²) in [6.45, 7) is 0.678. The van der Waals surface area contributed by atoms with Gasteiger partial charge in [0.05, 0.1) is 39.3 Å². The number of hydrogen-bond acceptors (Lipinski definition) is 6. The molecule has 10 heteroatoms. The molecular weight excluding hydrogens is 492 g/mol. The highest BCUT2D eigenvalue weighted by molar-refractivity contribution is 7.92. The molecule has 0 fully saturated rings. The average Bonchev–Trinajstić information content (AvgIpc) is 2.85. The van der Waals surface area contributed by atoms with Crippen molar-refractivity contribution in [2.75, 3.05) is 37.9 Å². The summed E-state index contributed by atoms with van der Waals surface area (Å²) in [4.78, 5) is 12.5. The van der Waals surface area contributed by atoms with Gasteiger partial charge in [-0.25, -0.2) is 8.42 Å². The maximum absolute atomic E-state index is 12.5. The van der Waals surface area contributed by atoms with Gasteiger partial charge in [0.2, 0.25) is 10.0 Å². The fourth-order valence-corrected chi connectivity index (χ4v) is 4.32. The van der Waals surface area contributed by atoms with Crippen LogP contribution in [-0.2, 0) is 16.6 Å². The Kier molecular flexibility index (Phi) is 8.84. The third kappa shape index (κ3) is 7.27. The molecular formula is C25H27ClN2O6S. The van der Waals surface area contributed by atoms with E-state index in [0.717, 1.165) is 12.0 Å². The lowest BCUT2D eigenvalue weighted by Crippen LogP contribution is -2.30. The first-order chi connectivity index (χ1) is 16.7. The standard InChI is InChI=1S/C25H27ClN2O6S/c1-32-21-9-11-22(12-10-21)34-15-14-27-25(29)19-6-4-18(5-7-19)17-28(35(3,30)31)23-16-20(26)8-13-24(23)33-2/h4-13,16H,14-15,17H2,1-3H3,(H,27,29). The van der Waals surface area contributed by atoms with Gasteiger partial charge < -0.3 is 19.5 Å². The van der Waals surface area contributed by atoms with Crippen molar-refractivity contribution in [1.82, 2.24) is 5.32 Å². The third-order valence-electron chi connectivity index (χ3n) is 5.07. The van der Waals surface area contributed by atoms with Crippen molar-refractivity contribution in [3.8, 4) is 17.2 Å². The first-order valence-electron chi connectivity index (χ1n) is 10.7. The van der Waals surface area contributed by atoms with E-state index in [0.29, 0.717) is 46.5 Å². The molecule has 1 amide bonds. The van der Waals surface area contributed by atoms with E-state index >= 15 is 0 Å². The first kappa shape index (κ1) is 26.2. The van der Waals surface area contributed by atoms with E-state index in [9.17, 15) is 13.2 Å². The Morgan fingerprint density at radius 2 is 1.60 bits per heavy atom. The van der Waals surface area contributed by atoms with Crippen LogP contribution in [0.15, 0.2) is 66.7 Å². The van der Waals surface area contributed by atoms with E-state index in [4.69, 9.17) is 25.8 Å². The van der Waals surface area contributed by atoms with Crippen molar-refractivity contribution in [1.29, 1.82) is 0 Å². The van der Waals surface area contributed by atoms with Crippen LogP contribution in [0.3, 0.4) is 0 Å². The number of sulfonamides is 1. The van der Waals surface area contributed by atoms with Gasteiger partial charge in [-0.2, -0.15) is 0 Å². The number of ether oxygens (including phenoxy) is 3. The van der Waals surface area contributed by atoms with Crippen LogP contribution in [0.2, 0.25) is 5.02 Å². The molecule has 0 unspecified atom stereocenters. The molecule has 0 radical (unpaired) electrons. The van der Waals surface area contributed by atoms with Crippen LogP contribution < -0.4 is 23.8 Å². The molecule has 3 aromatic rings. The topological polar surface area (TPSA) is 94.2 Å². The molecule has 0 saturated carbocycles. The largest absolute Gasteiger partial charge is 0.497 e. The summed E-state index contributed by atoms with van der Waals surface area (Å²) in [5.74, 6) is 1.54. The highest BCUT2D eigenvalue weighted by Crippen LogP contribution is 2.33. The van der Waals surface area contributed by atoms with E-state index in [1.165, 1.54) is 17.5 Å². The number of benzene rings is 3. The molecule has 0 bridgehead atoms. The third-order valence-corrected chi connectivity index (χ3v) is 6.43. The molecule has 0 aliphatic heterocycles. The van der Waals surface area contributed by atoms with Crippen LogP contribution in [-0.4, -0.2) is 48.0 Å². The van der Waals surface area contributed by atoms with Crippen molar-refractivity contribution in [2.24, 2.45) is 0 Å². The average molecular weight is 519 g/mol. The summed E-state index contributed by atoms with van der Waals surface area (Å²) in [7, 11) is -0.585. The predicted molar refractivity (Wildman–Crippen MR) is 136 cm³/mol. The molecule has 0 aliphatic rings. The SMILES string of the molecule is COc1ccc(OCCNC(=O)c2ccc(CN(c3cc(Cl)ccc3OC)S(C)(=O)=O)cc2)cc1. The minimum atomic E-state index is -3.64. The van der Waals surface area contributed by atoms with E-state index in [1.54, 1.807) is 67.8 Å². The van der Waals surface area contributed by atoms with Crippen LogP contribution in [0, 0.1) is 0 Å². The summed E-state index contributed by atoms with van der Waals surface area (Å²) in [6, 6.07) is 18.6. The number of hydrogen-bond donors (Lipinski definition) is 1. The fourth-order valence-electron chi connectivity index (χ4n) is 3.27. The zero-order valence-corrected chi connectivity index (χ0v) is 21.2. The summed E-state index contributed by atoms with van der Waals surface area (Å²) in [5.41, 5.74) is 1.47. The van der Waals surface area contributed by atoms with Gasteiger partial charge in [-0.3, -0.25) is 9.10 Å². The van der Waals surface area contributed by atoms with Gasteiger partial charge in [-0.05, 0) is 60.2 Å². The highest BCUT2D eigenvalue weighted by atomic mass is 35.5. The van der Waals surface area contributed by atoms with Gasteiger partial charge in [0.25, 0.3) is 5.91 Å². The lowest BCUT2D eigenvalue weighted by Gasteiger charge is -2.24. The molecule has 186 valence electrons. The number of nitrogens with zero attached hydrogens (tertiary/aromatic N) is 1. The van der Waals surface area contributed by atoms with Gasteiger partial charge in [0, 0.05) is 10.6 Å². The fraction of sp³-hybridized carbons (Fsp3) is 0.240. The summed E-state index contributed by atoms with van der Waals surface area (Å²) < 4.78 is 42.3. The molecule has 0 atom stereocenters. The van der Waals surface area contributed by atoms with Crippen LogP contribution in [0.5, 0.6) is 17.2 Å². The van der Waals surface area contributed by atoms with Gasteiger partial charge >= 0.3 is 0 Å². The van der Waals surface area contributed by atoms with Crippen molar-refractivity contribution < 1.29 is 27.4 Å². The van der Waals surface area contributed by atoms with Gasteiger partial charge in [-0.15, -0.1) is 0 Å². The van der Waals surface area contributed by atoms with Crippen LogP contribution in [0.4, 0.5) is 5.69 Å². The molecule has 0 aliphatic carbocycles. The number of nitrogens with one attached hydrogen (secondary N) is 1. The monoisotopic (exact) mass is 518 g/mol. The van der Waals surface area contributed by atoms with E-state index in [1.807, 2.05) is 0 Å². The molecule has 0 saturated heterocycles. The maximum Gasteiger partial charge on any atom is 0.251 e. The lowest BCUT2D eigenvalue weighted by molar-refractivity contribution is 0.0947. The minimum absolute atomic E-state index is 0.0487. The molecule has 35 heavy (non-hydrogen) atoms. The van der Waals surface area contributed by atoms with Crippen LogP contribution in [0.1, 0.15) is 15.9 Å². The number of rotatable bonds is 11. The minimum Gasteiger partial charge on any atom is -0.497 e. The van der Waals surface area contributed by atoms with Crippen molar-refractivity contribution in [3.63, 3.8) is 0 Å². The number of halogens is 1. The van der Waals surface area contributed by atoms with Crippen LogP contribution in [0.25, 0.3) is 0 Å². The zero-order chi connectivity index (χ0) is 25.4. The number of carbonyl (C=O) groups is 1. The zero-order valence-electron chi connectivity index (χ0n) is 19.7. The number of methoxy groups -OCH3 is 2. The first-order valence-corrected chi connectivity index (χ1v) is 12.9.